The minimum absolute atomic E-state index is 0.0405. The third-order valence-electron chi connectivity index (χ3n) is 24.1. The van der Waals surface area contributed by atoms with Crippen LogP contribution in [0.5, 0.6) is 0 Å². The first-order valence-corrected chi connectivity index (χ1v) is 48.6. The van der Waals surface area contributed by atoms with Crippen molar-refractivity contribution in [3.8, 4) is 0 Å². The zero-order valence-electron chi connectivity index (χ0n) is 78.1. The third kappa shape index (κ3) is 33.1. The van der Waals surface area contributed by atoms with Crippen LogP contribution in [0.1, 0.15) is 183 Å². The summed E-state index contributed by atoms with van der Waals surface area (Å²) in [6.45, 7) is 31.9. The van der Waals surface area contributed by atoms with Crippen molar-refractivity contribution in [2.75, 3.05) is 53.7 Å². The zero-order valence-corrected chi connectivity index (χ0v) is 82.4. The summed E-state index contributed by atoms with van der Waals surface area (Å²) in [5.74, 6) is -8.95. The monoisotopic (exact) mass is 1920 g/mol. The van der Waals surface area contributed by atoms with Gasteiger partial charge in [0.2, 0.25) is 0 Å². The minimum atomic E-state index is -2.05. The van der Waals surface area contributed by atoms with Gasteiger partial charge in [-0.3, -0.25) is 0 Å². The molecule has 720 valence electrons. The van der Waals surface area contributed by atoms with Gasteiger partial charge in [0, 0.05) is 32.6 Å². The van der Waals surface area contributed by atoms with Gasteiger partial charge >= 0.3 is 393 Å². The average Bonchev–Trinajstić information content (AvgIpc) is 1.71. The van der Waals surface area contributed by atoms with E-state index in [1.807, 2.05) is 163 Å². The van der Waals surface area contributed by atoms with E-state index < -0.39 is 124 Å². The molecule has 4 aromatic rings. The third-order valence-corrected chi connectivity index (χ3v) is 27.8. The summed E-state index contributed by atoms with van der Waals surface area (Å²) in [6, 6.07) is 38.7. The number of aliphatic hydroxyl groups is 1. The zero-order chi connectivity index (χ0) is 95.8. The van der Waals surface area contributed by atoms with Crippen molar-refractivity contribution in [1.82, 2.24) is 9.80 Å². The number of unbranched alkanes of at least 4 members (excludes halogenated alkanes) is 4. The van der Waals surface area contributed by atoms with Gasteiger partial charge in [-0.15, -0.1) is 0 Å². The fourth-order valence-corrected chi connectivity index (χ4v) is 19.7. The number of halogens is 3. The summed E-state index contributed by atoms with van der Waals surface area (Å²) in [5.41, 5.74) is 3.72. The van der Waals surface area contributed by atoms with Crippen LogP contribution in [-0.4, -0.2) is 250 Å². The number of carbonyl (C=O) groups excluding carboxylic acids is 6. The van der Waals surface area contributed by atoms with Crippen LogP contribution in [0.25, 0.3) is 0 Å². The second kappa shape index (κ2) is 53.6. The molecule has 0 aliphatic carbocycles. The summed E-state index contributed by atoms with van der Waals surface area (Å²) < 4.78 is 128. The largest absolute Gasteiger partial charge is 0.465 e. The Hall–Kier alpha value is -6.12. The number of carbonyl (C=O) groups is 6. The SMILES string of the molecule is CC[C@H](C)C1OC(OC(=N)C(Cl)(Cl)Cl)C(OC(C)=O)[C@@H](C)[C@@H]1P[B]B=O.CC[C@H](C)C1O[C@H](O[C@H]2C([C@H]3COC(C)(C)O3)O[C@@](OCCCCCN(Cc3ccccc3)C(=O)OCc3ccccc3)(C(=O)OC)C[C@H]2C)C(OC(C)=O)[C@@H](C)[C@@H]1P[B]B=O.COC(=O)[C@@]1(OCCCCCN(Cc2ccccc2)C(=O)OCc2ccccc2)C[C@@H](C)[C@@H](O)C([C@H]2COC(C)(C)O2)O1. The van der Waals surface area contributed by atoms with E-state index in [0.717, 1.165) is 55.6 Å². The smallest absolute Gasteiger partial charge is 0.410 e. The van der Waals surface area contributed by atoms with Gasteiger partial charge in [0.1, 0.15) is 25.4 Å². The van der Waals surface area contributed by atoms with Gasteiger partial charge in [0.15, 0.2) is 5.79 Å². The molecule has 2 N–H and O–H groups in total. The Balaban J connectivity index is 0.000000265. The molecule has 4 aromatic carbocycles. The van der Waals surface area contributed by atoms with Gasteiger partial charge in [-0.1, -0.05) is 128 Å². The molecule has 9 unspecified atom stereocenters. The van der Waals surface area contributed by atoms with E-state index in [0.29, 0.717) is 58.3 Å². The number of benzene rings is 4. The van der Waals surface area contributed by atoms with Crippen molar-refractivity contribution in [3.63, 3.8) is 0 Å². The number of ether oxygens (including phenoxy) is 18. The second-order valence-electron chi connectivity index (χ2n) is 35.1. The van der Waals surface area contributed by atoms with Crippen LogP contribution in [0.15, 0.2) is 121 Å². The van der Waals surface area contributed by atoms with Crippen LogP contribution in [0.2, 0.25) is 0 Å². The van der Waals surface area contributed by atoms with Crippen LogP contribution in [-0.2, 0) is 140 Å². The molecule has 6 aliphatic rings. The molecule has 6 heterocycles. The molecular formula is C92H132B4Cl3N3O27P2. The first-order chi connectivity index (χ1) is 62.3. The van der Waals surface area contributed by atoms with E-state index in [9.17, 15) is 43.3 Å². The fraction of sp³-hybridized carbons (Fsp3) is 0.663. The summed E-state index contributed by atoms with van der Waals surface area (Å²) >= 11 is 17.1. The maximum atomic E-state index is 13.8. The summed E-state index contributed by atoms with van der Waals surface area (Å²) in [6.07, 6.45) is -3.59. The van der Waals surface area contributed by atoms with Crippen molar-refractivity contribution in [2.24, 2.45) is 35.5 Å². The van der Waals surface area contributed by atoms with Gasteiger partial charge in [-0.2, -0.15) is 0 Å². The first kappa shape index (κ1) is 110. The molecule has 10 rings (SSSR count). The van der Waals surface area contributed by atoms with Crippen molar-refractivity contribution >= 4 is 122 Å². The Morgan fingerprint density at radius 3 is 1.29 bits per heavy atom. The molecule has 24 atom stereocenters. The Morgan fingerprint density at radius 1 is 0.534 bits per heavy atom. The van der Waals surface area contributed by atoms with E-state index in [1.54, 1.807) is 51.3 Å². The Morgan fingerprint density at radius 2 is 0.916 bits per heavy atom. The quantitative estimate of drug-likeness (QED) is 0.00609. The summed E-state index contributed by atoms with van der Waals surface area (Å²) in [5, 5.41) is 18.7. The van der Waals surface area contributed by atoms with Crippen molar-refractivity contribution < 1.29 is 129 Å². The number of nitrogens with one attached hydrogen (secondary N) is 1. The van der Waals surface area contributed by atoms with E-state index >= 15 is 0 Å². The Bertz CT molecular complexity index is 4200. The van der Waals surface area contributed by atoms with E-state index in [-0.39, 0.29) is 135 Å². The number of esters is 4. The molecule has 0 saturated carbocycles. The predicted molar refractivity (Wildman–Crippen MR) is 497 cm³/mol. The summed E-state index contributed by atoms with van der Waals surface area (Å²) in [4.78, 5) is 80.5. The molecular weight excluding hydrogens is 1790 g/mol. The minimum Gasteiger partial charge on any atom is -0.465 e. The molecule has 6 saturated heterocycles. The van der Waals surface area contributed by atoms with Gasteiger partial charge < -0.3 is 52.8 Å². The van der Waals surface area contributed by atoms with Crippen LogP contribution >= 0.6 is 51.7 Å². The van der Waals surface area contributed by atoms with Crippen LogP contribution < -0.4 is 0 Å². The molecule has 2 amide bonds. The Kier molecular flexibility index (Phi) is 45.1. The molecule has 0 spiro atoms. The van der Waals surface area contributed by atoms with Crippen LogP contribution in [0.4, 0.5) is 9.59 Å². The van der Waals surface area contributed by atoms with Crippen molar-refractivity contribution in [1.29, 1.82) is 5.41 Å². The molecule has 131 heavy (non-hydrogen) atoms. The molecule has 0 aromatic heterocycles. The standard InChI is InChI=1S/C45H65B2NO13P.C33H45NO9.C14H22B2Cl3NO5P/c1-9-29(2)37-40(62-47-46-52)31(4)38(57-32(5)49)41(59-37)58-36-30(3)25-45(42(50)53-8,61-39(36)35-28-56-44(6,7)60-35)55-24-18-12-17-23-48(26-33-19-13-10-14-20-33)43(51)54-27-34-21-15-11-16-22-34;1-24-20-33(30(36)38-4,43-29(28(24)35)27-23-41-32(2,3)42-27)40-19-13-7-12-18-34(21-25-14-8-5-9-15-25)31(37)39-22-26-16-10-6-11-17-26;1-5-6(2)9-11(26-16-15-22)7(3)10(23-8(4)21)12(24-9)25-13(20)14(17,18)19/h10-11,13-16,19-22,29-31,35-41,62H,9,12,17-18,23-28H2,1-8H3;5-6,8-11,14-17,24,27-29,35H,7,12-13,18-23H2,1-4H3;6-7,9-12,20,26H,5H2,1-4H3/t29-,30+,31+,35+,36+,37?,38?,39?,40-,41-,45+;24-,27-,28-,29?,33-;6-,7+,9?,10?,11-,12?/m010/s1. The predicted octanol–water partition coefficient (Wildman–Crippen LogP) is 15.0. The van der Waals surface area contributed by atoms with E-state index in [4.69, 9.17) is 125 Å². The second-order valence-corrected chi connectivity index (χ2v) is 40.0. The van der Waals surface area contributed by atoms with Crippen LogP contribution in [0.3, 0.4) is 0 Å². The van der Waals surface area contributed by atoms with Gasteiger partial charge in [0.05, 0.1) is 40.1 Å². The van der Waals surface area contributed by atoms with Gasteiger partial charge in [-0.05, 0) is 94.4 Å². The van der Waals surface area contributed by atoms with Crippen molar-refractivity contribution in [3.05, 3.63) is 144 Å². The van der Waals surface area contributed by atoms with Gasteiger partial charge in [-0.25, -0.2) is 19.2 Å². The fourth-order valence-electron chi connectivity index (χ4n) is 16.8. The first-order valence-electron chi connectivity index (χ1n) is 45.2. The summed E-state index contributed by atoms with van der Waals surface area (Å²) in [7, 11) is 4.49. The number of amides is 2. The molecule has 30 nitrogen and oxygen atoms in total. The van der Waals surface area contributed by atoms with Gasteiger partial charge in [0.25, 0.3) is 5.79 Å². The molecule has 0 bridgehead atoms. The number of hydrogen-bond acceptors (Lipinski definition) is 28. The Labute approximate surface area is 792 Å². The average molecular weight is 1920 g/mol. The maximum absolute atomic E-state index is 13.8. The molecule has 6 fully saturated rings. The van der Waals surface area contributed by atoms with Crippen LogP contribution in [0, 0.1) is 40.9 Å². The molecule has 2 radical (unpaired) electrons. The topological polar surface area (TPSA) is 353 Å². The van der Waals surface area contributed by atoms with E-state index in [2.05, 4.69) is 13.8 Å². The number of alkyl halides is 3. The number of hydrogen-bond donors (Lipinski definition) is 2. The van der Waals surface area contributed by atoms with Crippen molar-refractivity contribution in [2.45, 2.75) is 299 Å². The maximum Gasteiger partial charge on any atom is 0.410 e. The number of aliphatic hydroxyl groups excluding tert-OH is 1. The number of rotatable bonds is 41. The number of nitrogens with zero attached hydrogens (tertiary/aromatic N) is 2. The molecule has 39 heteroatoms. The molecule has 6 aliphatic heterocycles. The number of methoxy groups -OCH3 is 2. The normalized spacial score (nSPS) is 28.9. The van der Waals surface area contributed by atoms with E-state index in [1.165, 1.54) is 28.1 Å².